The molecule has 4 heterocycles. The lowest BCUT2D eigenvalue weighted by Crippen LogP contribution is -2.51. The van der Waals surface area contributed by atoms with Gasteiger partial charge in [-0.05, 0) is 62.3 Å². The van der Waals surface area contributed by atoms with E-state index < -0.39 is 5.91 Å². The van der Waals surface area contributed by atoms with Crippen molar-refractivity contribution >= 4 is 28.4 Å². The molecule has 40 heavy (non-hydrogen) atoms. The summed E-state index contributed by atoms with van der Waals surface area (Å²) in [4.78, 5) is 27.2. The summed E-state index contributed by atoms with van der Waals surface area (Å²) >= 11 is 0. The summed E-state index contributed by atoms with van der Waals surface area (Å²) in [5.74, 6) is 2.83. The van der Waals surface area contributed by atoms with Gasteiger partial charge in [-0.2, -0.15) is 0 Å². The first kappa shape index (κ1) is 25.9. The van der Waals surface area contributed by atoms with Gasteiger partial charge in [0.25, 0.3) is 5.91 Å². The highest BCUT2D eigenvalue weighted by molar-refractivity contribution is 5.96. The Hall–Kier alpha value is -4.38. The zero-order valence-electron chi connectivity index (χ0n) is 22.7. The molecule has 11 nitrogen and oxygen atoms in total. The normalized spacial score (nSPS) is 16.6. The average Bonchev–Trinajstić information content (AvgIpc) is 3.41. The molecule has 1 aliphatic carbocycles. The molecule has 2 fully saturated rings. The summed E-state index contributed by atoms with van der Waals surface area (Å²) in [7, 11) is 3.26. The van der Waals surface area contributed by atoms with E-state index in [0.29, 0.717) is 23.5 Å². The predicted octanol–water partition coefficient (Wildman–Crippen LogP) is 4.59. The first-order valence-electron chi connectivity index (χ1n) is 13.3. The predicted molar refractivity (Wildman–Crippen MR) is 149 cm³/mol. The highest BCUT2D eigenvalue weighted by Crippen LogP contribution is 2.51. The number of hydroxylamine groups is 1. The minimum Gasteiger partial charge on any atom is -0.493 e. The van der Waals surface area contributed by atoms with E-state index in [0.717, 1.165) is 72.6 Å². The van der Waals surface area contributed by atoms with Gasteiger partial charge in [0.05, 0.1) is 25.3 Å². The Balaban J connectivity index is 1.17. The van der Waals surface area contributed by atoms with Gasteiger partial charge >= 0.3 is 0 Å². The van der Waals surface area contributed by atoms with Gasteiger partial charge in [-0.1, -0.05) is 0 Å². The summed E-state index contributed by atoms with van der Waals surface area (Å²) in [6.07, 6.45) is 7.11. The number of amides is 1. The van der Waals surface area contributed by atoms with Crippen LogP contribution in [0.1, 0.15) is 41.8 Å². The van der Waals surface area contributed by atoms with E-state index in [1.807, 2.05) is 31.2 Å². The lowest BCUT2D eigenvalue weighted by molar-refractivity contribution is 0.0705. The molecule has 208 valence electrons. The third kappa shape index (κ3) is 4.77. The van der Waals surface area contributed by atoms with E-state index >= 15 is 0 Å². The molecule has 3 aromatic heterocycles. The van der Waals surface area contributed by atoms with Crippen LogP contribution in [0.3, 0.4) is 0 Å². The van der Waals surface area contributed by atoms with E-state index in [-0.39, 0.29) is 11.0 Å². The van der Waals surface area contributed by atoms with Crippen LogP contribution in [0.2, 0.25) is 0 Å². The number of anilines is 2. The third-order valence-electron chi connectivity index (χ3n) is 8.13. The zero-order valence-corrected chi connectivity index (χ0v) is 22.7. The number of hydrogen-bond donors (Lipinski definition) is 3. The molecule has 1 spiro atoms. The number of nitrogens with one attached hydrogen (secondary N) is 2. The van der Waals surface area contributed by atoms with Crippen LogP contribution >= 0.6 is 0 Å². The van der Waals surface area contributed by atoms with Crippen molar-refractivity contribution in [2.24, 2.45) is 5.41 Å². The van der Waals surface area contributed by atoms with Crippen molar-refractivity contribution in [1.82, 2.24) is 20.4 Å². The summed E-state index contributed by atoms with van der Waals surface area (Å²) < 4.78 is 17.0. The SMILES string of the molecule is COc1cc2nc(-c3ccc(C)o3)cc(NC3CC4(CCN(c5ncc(C(=O)NO)cn5)CC4)C3)c2cc1OC. The van der Waals surface area contributed by atoms with Gasteiger partial charge in [0.2, 0.25) is 5.95 Å². The molecule has 3 N–H and O–H groups in total. The largest absolute Gasteiger partial charge is 0.493 e. The molecule has 0 atom stereocenters. The molecule has 0 bridgehead atoms. The fraction of sp³-hybridized carbons (Fsp3) is 0.379. The number of fused-ring (bicyclic) bond motifs is 1. The maximum Gasteiger partial charge on any atom is 0.277 e. The Morgan fingerprint density at radius 1 is 1.07 bits per heavy atom. The van der Waals surface area contributed by atoms with Crippen molar-refractivity contribution in [3.05, 3.63) is 54.0 Å². The highest BCUT2D eigenvalue weighted by atomic mass is 16.5. The Morgan fingerprint density at radius 3 is 2.40 bits per heavy atom. The van der Waals surface area contributed by atoms with Gasteiger partial charge in [0, 0.05) is 48.7 Å². The maximum atomic E-state index is 11.5. The number of aryl methyl sites for hydroxylation is 1. The van der Waals surface area contributed by atoms with Gasteiger partial charge < -0.3 is 24.1 Å². The van der Waals surface area contributed by atoms with E-state index in [9.17, 15) is 4.79 Å². The Morgan fingerprint density at radius 2 is 1.77 bits per heavy atom. The number of nitrogens with zero attached hydrogens (tertiary/aromatic N) is 4. The number of benzene rings is 1. The van der Waals surface area contributed by atoms with Crippen LogP contribution in [0.4, 0.5) is 11.6 Å². The zero-order chi connectivity index (χ0) is 27.9. The Kier molecular flexibility index (Phi) is 6.67. The molecule has 1 aromatic carbocycles. The number of methoxy groups -OCH3 is 2. The third-order valence-corrected chi connectivity index (χ3v) is 8.13. The van der Waals surface area contributed by atoms with Crippen LogP contribution in [0.5, 0.6) is 11.5 Å². The van der Waals surface area contributed by atoms with Crippen LogP contribution in [0.15, 0.2) is 47.1 Å². The fourth-order valence-electron chi connectivity index (χ4n) is 5.93. The van der Waals surface area contributed by atoms with E-state index in [4.69, 9.17) is 24.1 Å². The highest BCUT2D eigenvalue weighted by Gasteiger charge is 2.46. The second-order valence-corrected chi connectivity index (χ2v) is 10.6. The van der Waals surface area contributed by atoms with Crippen LogP contribution in [-0.4, -0.2) is 59.4 Å². The summed E-state index contributed by atoms with van der Waals surface area (Å²) in [6, 6.07) is 10.2. The molecular weight excluding hydrogens is 512 g/mol. The van der Waals surface area contributed by atoms with Crippen molar-refractivity contribution in [1.29, 1.82) is 0 Å². The molecular formula is C29H32N6O5. The minimum atomic E-state index is -0.622. The Bertz CT molecular complexity index is 1540. The number of furan rings is 1. The first-order valence-corrected chi connectivity index (χ1v) is 13.3. The maximum absolute atomic E-state index is 11.5. The molecule has 6 rings (SSSR count). The lowest BCUT2D eigenvalue weighted by Gasteiger charge is -2.52. The van der Waals surface area contributed by atoms with E-state index in [1.54, 1.807) is 19.7 Å². The molecule has 11 heteroatoms. The Labute approximate surface area is 231 Å². The van der Waals surface area contributed by atoms with Crippen molar-refractivity contribution < 1.29 is 23.9 Å². The molecule has 2 aliphatic rings. The number of piperidine rings is 1. The average molecular weight is 545 g/mol. The lowest BCUT2D eigenvalue weighted by atomic mass is 9.60. The molecule has 4 aromatic rings. The summed E-state index contributed by atoms with van der Waals surface area (Å²) in [6.45, 7) is 3.64. The standard InChI is InChI=1S/C29H32N6O5/c1-17-4-5-24(40-17)23-11-21(20-10-25(38-2)26(39-3)12-22(20)33-23)32-19-13-29(14-19)6-8-35(9-7-29)28-30-15-18(16-31-28)27(36)34-37/h4-5,10-12,15-16,19,37H,6-9,13-14H2,1-3H3,(H,32,33)(H,34,36). The topological polar surface area (TPSA) is 135 Å². The number of ether oxygens (including phenoxy) is 2. The number of carbonyl (C=O) groups is 1. The quantitative estimate of drug-likeness (QED) is 0.224. The van der Waals surface area contributed by atoms with Gasteiger partial charge in [-0.3, -0.25) is 10.0 Å². The molecule has 0 radical (unpaired) electrons. The molecule has 1 saturated carbocycles. The second-order valence-electron chi connectivity index (χ2n) is 10.6. The van der Waals surface area contributed by atoms with Crippen LogP contribution in [0.25, 0.3) is 22.4 Å². The molecule has 1 saturated heterocycles. The fourth-order valence-corrected chi connectivity index (χ4v) is 5.93. The monoisotopic (exact) mass is 544 g/mol. The van der Waals surface area contributed by atoms with Crippen molar-refractivity contribution in [2.45, 2.75) is 38.6 Å². The van der Waals surface area contributed by atoms with Crippen molar-refractivity contribution in [2.75, 3.05) is 37.5 Å². The smallest absolute Gasteiger partial charge is 0.277 e. The van der Waals surface area contributed by atoms with Crippen LogP contribution in [0, 0.1) is 12.3 Å². The molecule has 1 aliphatic heterocycles. The second kappa shape index (κ2) is 10.3. The summed E-state index contributed by atoms with van der Waals surface area (Å²) in [5, 5.41) is 13.5. The van der Waals surface area contributed by atoms with Gasteiger partial charge in [0.1, 0.15) is 11.5 Å². The van der Waals surface area contributed by atoms with E-state index in [1.165, 1.54) is 12.4 Å². The molecule has 1 amide bonds. The number of hydrogen-bond acceptors (Lipinski definition) is 10. The van der Waals surface area contributed by atoms with Gasteiger partial charge in [-0.15, -0.1) is 0 Å². The summed E-state index contributed by atoms with van der Waals surface area (Å²) in [5.41, 5.74) is 4.67. The van der Waals surface area contributed by atoms with Gasteiger partial charge in [0.15, 0.2) is 17.3 Å². The van der Waals surface area contributed by atoms with Crippen molar-refractivity contribution in [3.63, 3.8) is 0 Å². The van der Waals surface area contributed by atoms with Crippen molar-refractivity contribution in [3.8, 4) is 23.0 Å². The number of aromatic nitrogens is 3. The number of carbonyl (C=O) groups excluding carboxylic acids is 1. The minimum absolute atomic E-state index is 0.220. The van der Waals surface area contributed by atoms with Crippen LogP contribution < -0.4 is 25.2 Å². The molecule has 0 unspecified atom stereocenters. The van der Waals surface area contributed by atoms with Gasteiger partial charge in [-0.25, -0.2) is 20.4 Å². The van der Waals surface area contributed by atoms with E-state index in [2.05, 4.69) is 26.3 Å². The first-order chi connectivity index (χ1) is 19.4. The van der Waals surface area contributed by atoms with Crippen LogP contribution in [-0.2, 0) is 0 Å². The number of rotatable bonds is 7. The number of pyridine rings is 1.